The highest BCUT2D eigenvalue weighted by Crippen LogP contribution is 2.38. The Morgan fingerprint density at radius 1 is 0.407 bits per heavy atom. The highest BCUT2D eigenvalue weighted by Gasteiger charge is 2.60. The van der Waals surface area contributed by atoms with Crippen LogP contribution in [0.2, 0.25) is 0 Å². The van der Waals surface area contributed by atoms with Gasteiger partial charge in [0.15, 0.2) is 55.5 Å². The SMILES string of the molecule is C=CCO[C@H]1O[C@H](COC(C)=O)[C@@H](OC(C)=O)[C@H](O[C@@H]2O[C@H](CO)[C@@H](O)[C@H](O[C@@H]3O[C@H](COC(=O)c4ccccc4)[C@@H](OC(=O)c4ccccc4)[C@H](OC(=O)c4ccccc4)[C@H]3OC(=O)c3ccccc3)[C@H]2OC(C)=O)[C@H]1OC(=O)c1ccccc1. The lowest BCUT2D eigenvalue weighted by atomic mass is 9.95. The van der Waals surface area contributed by atoms with E-state index < -0.39 is 160 Å². The van der Waals surface area contributed by atoms with E-state index in [1.807, 2.05) is 0 Å². The predicted molar refractivity (Wildman–Crippen MR) is 292 cm³/mol. The van der Waals surface area contributed by atoms with Gasteiger partial charge in [-0.2, -0.15) is 0 Å². The van der Waals surface area contributed by atoms with E-state index in [4.69, 9.17) is 66.3 Å². The quantitative estimate of drug-likeness (QED) is 0.0510. The van der Waals surface area contributed by atoms with Crippen molar-refractivity contribution in [3.8, 4) is 0 Å². The first-order valence-electron chi connectivity index (χ1n) is 27.1. The number of hydrogen-bond acceptors (Lipinski definition) is 24. The average molecular weight is 1190 g/mol. The van der Waals surface area contributed by atoms with Crippen LogP contribution in [-0.4, -0.2) is 177 Å². The third-order valence-corrected chi connectivity index (χ3v) is 13.4. The van der Waals surface area contributed by atoms with Crippen LogP contribution in [0.1, 0.15) is 72.6 Å². The minimum absolute atomic E-state index is 0.00124. The summed E-state index contributed by atoms with van der Waals surface area (Å²) >= 11 is 0. The van der Waals surface area contributed by atoms with Crippen molar-refractivity contribution in [2.24, 2.45) is 0 Å². The van der Waals surface area contributed by atoms with Crippen molar-refractivity contribution in [1.82, 2.24) is 0 Å². The molecule has 2 N–H and O–H groups in total. The molecule has 0 amide bonds. The van der Waals surface area contributed by atoms with Gasteiger partial charge in [0.25, 0.3) is 0 Å². The van der Waals surface area contributed by atoms with Crippen molar-refractivity contribution in [1.29, 1.82) is 0 Å². The smallest absolute Gasteiger partial charge is 0.338 e. The van der Waals surface area contributed by atoms with Crippen molar-refractivity contribution in [2.45, 2.75) is 113 Å². The molecule has 0 aliphatic carbocycles. The van der Waals surface area contributed by atoms with Gasteiger partial charge < -0.3 is 76.5 Å². The molecule has 3 fully saturated rings. The summed E-state index contributed by atoms with van der Waals surface area (Å²) in [5.74, 6) is -7.83. The Balaban J connectivity index is 1.26. The molecule has 0 radical (unpaired) electrons. The number of carbonyl (C=O) groups excluding carboxylic acids is 8. The number of aliphatic hydroxyl groups excluding tert-OH is 2. The molecular formula is C62H62O24. The number of aliphatic hydroxyl groups is 2. The molecule has 5 aromatic carbocycles. The van der Waals surface area contributed by atoms with Crippen LogP contribution in [0, 0.1) is 0 Å². The zero-order valence-electron chi connectivity index (χ0n) is 46.6. The van der Waals surface area contributed by atoms with Crippen LogP contribution in [-0.2, 0) is 80.7 Å². The molecule has 24 heteroatoms. The van der Waals surface area contributed by atoms with Gasteiger partial charge in [-0.1, -0.05) is 97.1 Å². The Hall–Kier alpha value is -8.72. The van der Waals surface area contributed by atoms with Gasteiger partial charge in [0, 0.05) is 20.8 Å². The normalized spacial score (nSPS) is 26.9. The molecule has 0 aromatic heterocycles. The number of hydrogen-bond donors (Lipinski definition) is 2. The topological polar surface area (TPSA) is 306 Å². The molecule has 0 saturated carbocycles. The summed E-state index contributed by atoms with van der Waals surface area (Å²) in [6.07, 6.45) is -27.0. The van der Waals surface area contributed by atoms with E-state index in [2.05, 4.69) is 6.58 Å². The molecule has 3 aliphatic heterocycles. The van der Waals surface area contributed by atoms with Crippen molar-refractivity contribution in [3.63, 3.8) is 0 Å². The molecule has 3 aliphatic rings. The molecule has 454 valence electrons. The number of esters is 8. The predicted octanol–water partition coefficient (Wildman–Crippen LogP) is 4.67. The van der Waals surface area contributed by atoms with E-state index in [1.54, 1.807) is 66.7 Å². The fraction of sp³-hybridized carbons (Fsp3) is 0.355. The monoisotopic (exact) mass is 1190 g/mol. The first kappa shape index (κ1) is 63.3. The Morgan fingerprint density at radius 3 is 1.16 bits per heavy atom. The van der Waals surface area contributed by atoms with E-state index in [0.29, 0.717) is 0 Å². The van der Waals surface area contributed by atoms with Gasteiger partial charge >= 0.3 is 47.8 Å². The maximum atomic E-state index is 14.4. The minimum Gasteiger partial charge on any atom is -0.463 e. The lowest BCUT2D eigenvalue weighted by Crippen LogP contribution is -2.68. The Labute approximate surface area is 492 Å². The second kappa shape index (κ2) is 30.4. The number of carbonyl (C=O) groups is 8. The van der Waals surface area contributed by atoms with Gasteiger partial charge in [0.05, 0.1) is 41.0 Å². The van der Waals surface area contributed by atoms with Gasteiger partial charge in [-0.3, -0.25) is 14.4 Å². The molecule has 5 aromatic rings. The summed E-state index contributed by atoms with van der Waals surface area (Å²) in [5.41, 5.74) is 0.0147. The zero-order chi connectivity index (χ0) is 61.3. The summed E-state index contributed by atoms with van der Waals surface area (Å²) in [5, 5.41) is 23.3. The Kier molecular flexibility index (Phi) is 22.4. The second-order valence-electron chi connectivity index (χ2n) is 19.5. The second-order valence-corrected chi connectivity index (χ2v) is 19.5. The number of ether oxygens (including phenoxy) is 14. The summed E-state index contributed by atoms with van der Waals surface area (Å²) in [7, 11) is 0. The van der Waals surface area contributed by atoms with Gasteiger partial charge in [-0.05, 0) is 60.7 Å². The van der Waals surface area contributed by atoms with Crippen molar-refractivity contribution >= 4 is 47.8 Å². The van der Waals surface area contributed by atoms with Crippen LogP contribution in [0.5, 0.6) is 0 Å². The fourth-order valence-corrected chi connectivity index (χ4v) is 9.46. The average Bonchev–Trinajstić information content (AvgIpc) is 1.98. The van der Waals surface area contributed by atoms with Gasteiger partial charge in [-0.15, -0.1) is 6.58 Å². The van der Waals surface area contributed by atoms with Crippen LogP contribution >= 0.6 is 0 Å². The first-order valence-corrected chi connectivity index (χ1v) is 27.1. The van der Waals surface area contributed by atoms with Crippen LogP contribution in [0.25, 0.3) is 0 Å². The standard InChI is InChI=1S/C62H62O24/c1-5-31-73-60-53(83-58(71)41-27-17-9-18-28-41)51(47(76-36(3)65)44(79-60)33-74-35(2)64)86-61-52(77-37(4)66)49(46(67)43(32-63)78-61)85-62-54(84-59(72)42-29-19-10-20-30-42)50(82-57(70)40-25-15-8-16-26-40)48(81-56(69)39-23-13-7-14-24-39)45(80-62)34-75-55(68)38-21-11-6-12-22-38/h5-30,43-54,60-63,67H,1,31-34H2,2-4H3/t43-,44-,45-,46-,47-,48-,49+,50+,51+,52-,53-,54-,60+,61+,62+/m1/s1. The van der Waals surface area contributed by atoms with E-state index in [9.17, 15) is 48.6 Å². The summed E-state index contributed by atoms with van der Waals surface area (Å²) < 4.78 is 85.6. The van der Waals surface area contributed by atoms with Crippen molar-refractivity contribution < 1.29 is 115 Å². The molecule has 15 atom stereocenters. The third kappa shape index (κ3) is 16.4. The zero-order valence-corrected chi connectivity index (χ0v) is 46.6. The minimum atomic E-state index is -2.17. The van der Waals surface area contributed by atoms with Crippen LogP contribution < -0.4 is 0 Å². The highest BCUT2D eigenvalue weighted by molar-refractivity contribution is 5.92. The summed E-state index contributed by atoms with van der Waals surface area (Å²) in [6.45, 7) is 4.07. The molecular weight excluding hydrogens is 1130 g/mol. The van der Waals surface area contributed by atoms with Crippen LogP contribution in [0.15, 0.2) is 164 Å². The molecule has 3 saturated heterocycles. The van der Waals surface area contributed by atoms with Crippen molar-refractivity contribution in [2.75, 3.05) is 26.4 Å². The summed E-state index contributed by atoms with van der Waals surface area (Å²) in [6, 6.07) is 37.9. The molecule has 24 nitrogen and oxygen atoms in total. The largest absolute Gasteiger partial charge is 0.463 e. The maximum Gasteiger partial charge on any atom is 0.338 e. The lowest BCUT2D eigenvalue weighted by Gasteiger charge is -2.50. The number of benzene rings is 5. The van der Waals surface area contributed by atoms with E-state index >= 15 is 0 Å². The maximum absolute atomic E-state index is 14.4. The van der Waals surface area contributed by atoms with Crippen LogP contribution in [0.3, 0.4) is 0 Å². The lowest BCUT2D eigenvalue weighted by molar-refractivity contribution is -0.379. The van der Waals surface area contributed by atoms with Gasteiger partial charge in [-0.25, -0.2) is 24.0 Å². The fourth-order valence-electron chi connectivity index (χ4n) is 9.46. The molecule has 0 spiro atoms. The Morgan fingerprint density at radius 2 is 0.744 bits per heavy atom. The van der Waals surface area contributed by atoms with Gasteiger partial charge in [0.2, 0.25) is 0 Å². The molecule has 0 unspecified atom stereocenters. The third-order valence-electron chi connectivity index (χ3n) is 13.4. The van der Waals surface area contributed by atoms with Gasteiger partial charge in [0.1, 0.15) is 49.8 Å². The van der Waals surface area contributed by atoms with Crippen LogP contribution in [0.4, 0.5) is 0 Å². The Bertz CT molecular complexity index is 3100. The molecule has 86 heavy (non-hydrogen) atoms. The van der Waals surface area contributed by atoms with E-state index in [-0.39, 0.29) is 34.4 Å². The van der Waals surface area contributed by atoms with E-state index in [0.717, 1.165) is 20.8 Å². The highest BCUT2D eigenvalue weighted by atomic mass is 16.8. The molecule has 8 rings (SSSR count). The van der Waals surface area contributed by atoms with E-state index in [1.165, 1.54) is 91.0 Å². The first-order chi connectivity index (χ1) is 41.5. The summed E-state index contributed by atoms with van der Waals surface area (Å²) in [4.78, 5) is 110. The van der Waals surface area contributed by atoms with Crippen molar-refractivity contribution in [3.05, 3.63) is 192 Å². The molecule has 0 bridgehead atoms. The number of rotatable bonds is 23. The molecule has 3 heterocycles.